The number of piperidine rings is 1. The molecule has 2 aliphatic rings. The standard InChI is InChI=1S/C21H25FN2O3S/c22-19-13-17(28(23,25)26)8-9-20(19)27-21-16(14-24-10-4-1-5-11-24)12-15-6-2-3-7-18(15)21/h2-3,6-9,13,16,21H,1,4-5,10-12,14H2,(H2,23,25,26)/t16-,21-/m1/s1. The number of nitrogens with two attached hydrogens (primary N) is 1. The fourth-order valence-electron chi connectivity index (χ4n) is 4.33. The number of benzene rings is 2. The van der Waals surface area contributed by atoms with E-state index in [1.807, 2.05) is 18.2 Å². The van der Waals surface area contributed by atoms with E-state index in [0.29, 0.717) is 0 Å². The van der Waals surface area contributed by atoms with Crippen molar-refractivity contribution in [1.29, 1.82) is 0 Å². The van der Waals surface area contributed by atoms with Gasteiger partial charge in [-0.1, -0.05) is 30.7 Å². The molecule has 7 heteroatoms. The number of hydrogen-bond donors (Lipinski definition) is 1. The molecule has 1 fully saturated rings. The van der Waals surface area contributed by atoms with Crippen LogP contribution in [-0.2, 0) is 16.4 Å². The monoisotopic (exact) mass is 404 g/mol. The summed E-state index contributed by atoms with van der Waals surface area (Å²) in [4.78, 5) is 2.21. The molecule has 2 N–H and O–H groups in total. The number of ether oxygens (including phenoxy) is 1. The first-order chi connectivity index (χ1) is 13.4. The number of likely N-dealkylation sites (tertiary alicyclic amines) is 1. The molecule has 28 heavy (non-hydrogen) atoms. The molecule has 0 bridgehead atoms. The Kier molecular flexibility index (Phi) is 5.40. The van der Waals surface area contributed by atoms with Crippen LogP contribution in [0.5, 0.6) is 5.75 Å². The highest BCUT2D eigenvalue weighted by Gasteiger charge is 2.36. The van der Waals surface area contributed by atoms with Crippen LogP contribution in [0.3, 0.4) is 0 Å². The second kappa shape index (κ2) is 7.81. The highest BCUT2D eigenvalue weighted by Crippen LogP contribution is 2.40. The predicted molar refractivity (Wildman–Crippen MR) is 105 cm³/mol. The molecule has 150 valence electrons. The van der Waals surface area contributed by atoms with Gasteiger partial charge in [0, 0.05) is 12.5 Å². The molecule has 0 saturated carbocycles. The minimum atomic E-state index is -3.95. The summed E-state index contributed by atoms with van der Waals surface area (Å²) >= 11 is 0. The van der Waals surface area contributed by atoms with Gasteiger partial charge in [0.1, 0.15) is 6.10 Å². The summed E-state index contributed by atoms with van der Waals surface area (Å²) in [5.41, 5.74) is 2.32. The smallest absolute Gasteiger partial charge is 0.238 e. The molecule has 2 aromatic carbocycles. The van der Waals surface area contributed by atoms with Crippen LogP contribution in [0.25, 0.3) is 0 Å². The van der Waals surface area contributed by atoms with E-state index >= 15 is 0 Å². The van der Waals surface area contributed by atoms with E-state index in [4.69, 9.17) is 9.88 Å². The average molecular weight is 405 g/mol. The summed E-state index contributed by atoms with van der Waals surface area (Å²) in [6.45, 7) is 3.10. The normalized spacial score (nSPS) is 22.8. The Hall–Kier alpha value is -1.96. The lowest BCUT2D eigenvalue weighted by Crippen LogP contribution is -2.36. The molecule has 0 amide bonds. The van der Waals surface area contributed by atoms with Crippen molar-refractivity contribution in [3.63, 3.8) is 0 Å². The zero-order valence-corrected chi connectivity index (χ0v) is 16.5. The van der Waals surface area contributed by atoms with Crippen molar-refractivity contribution < 1.29 is 17.5 Å². The molecule has 0 radical (unpaired) electrons. The predicted octanol–water partition coefficient (Wildman–Crippen LogP) is 3.25. The molecule has 1 aliphatic carbocycles. The van der Waals surface area contributed by atoms with E-state index in [1.54, 1.807) is 0 Å². The lowest BCUT2D eigenvalue weighted by Gasteiger charge is -2.31. The first-order valence-corrected chi connectivity index (χ1v) is 11.3. The van der Waals surface area contributed by atoms with Crippen LogP contribution < -0.4 is 9.88 Å². The Morgan fingerprint density at radius 1 is 1.11 bits per heavy atom. The van der Waals surface area contributed by atoms with Gasteiger partial charge in [-0.15, -0.1) is 0 Å². The SMILES string of the molecule is NS(=O)(=O)c1ccc(O[C@H]2c3ccccc3C[C@@H]2CN2CCCCC2)c(F)c1. The second-order valence-electron chi connectivity index (χ2n) is 7.70. The van der Waals surface area contributed by atoms with E-state index < -0.39 is 15.8 Å². The summed E-state index contributed by atoms with van der Waals surface area (Å²) in [7, 11) is -3.95. The van der Waals surface area contributed by atoms with Crippen LogP contribution in [0.4, 0.5) is 4.39 Å². The number of rotatable bonds is 5. The van der Waals surface area contributed by atoms with E-state index in [-0.39, 0.29) is 22.7 Å². The van der Waals surface area contributed by atoms with Crippen molar-refractivity contribution in [1.82, 2.24) is 4.90 Å². The molecule has 4 rings (SSSR count). The summed E-state index contributed by atoms with van der Waals surface area (Å²) in [6, 6.07) is 11.7. The Bertz CT molecular complexity index is 958. The fraction of sp³-hybridized carbons (Fsp3) is 0.429. The Labute approximate surface area is 165 Å². The van der Waals surface area contributed by atoms with Gasteiger partial charge in [-0.05, 0) is 61.7 Å². The van der Waals surface area contributed by atoms with E-state index in [9.17, 15) is 12.8 Å². The topological polar surface area (TPSA) is 72.6 Å². The molecule has 1 saturated heterocycles. The average Bonchev–Trinajstić information content (AvgIpc) is 3.00. The zero-order chi connectivity index (χ0) is 19.7. The van der Waals surface area contributed by atoms with Gasteiger partial charge < -0.3 is 9.64 Å². The van der Waals surface area contributed by atoms with E-state index in [2.05, 4.69) is 11.0 Å². The first-order valence-electron chi connectivity index (χ1n) is 9.71. The van der Waals surface area contributed by atoms with Crippen molar-refractivity contribution in [3.8, 4) is 5.75 Å². The molecule has 0 aromatic heterocycles. The van der Waals surface area contributed by atoms with Crippen molar-refractivity contribution in [3.05, 3.63) is 59.4 Å². The van der Waals surface area contributed by atoms with Crippen LogP contribution >= 0.6 is 0 Å². The Morgan fingerprint density at radius 3 is 2.57 bits per heavy atom. The lowest BCUT2D eigenvalue weighted by atomic mass is 10.0. The highest BCUT2D eigenvalue weighted by atomic mass is 32.2. The van der Waals surface area contributed by atoms with Crippen LogP contribution in [-0.4, -0.2) is 33.0 Å². The molecule has 5 nitrogen and oxygen atoms in total. The summed E-state index contributed by atoms with van der Waals surface area (Å²) in [5, 5.41) is 5.09. The Morgan fingerprint density at radius 2 is 1.86 bits per heavy atom. The second-order valence-corrected chi connectivity index (χ2v) is 9.26. The third-order valence-electron chi connectivity index (χ3n) is 5.70. The van der Waals surface area contributed by atoms with Gasteiger partial charge in [-0.3, -0.25) is 0 Å². The van der Waals surface area contributed by atoms with E-state index in [0.717, 1.165) is 37.7 Å². The molecular weight excluding hydrogens is 379 g/mol. The number of fused-ring (bicyclic) bond motifs is 1. The molecule has 0 unspecified atom stereocenters. The molecule has 2 aromatic rings. The largest absolute Gasteiger partial charge is 0.482 e. The quantitative estimate of drug-likeness (QED) is 0.830. The van der Waals surface area contributed by atoms with Crippen molar-refractivity contribution in [2.24, 2.45) is 11.1 Å². The van der Waals surface area contributed by atoms with Crippen LogP contribution in [0.15, 0.2) is 47.4 Å². The fourth-order valence-corrected chi connectivity index (χ4v) is 4.85. The van der Waals surface area contributed by atoms with E-state index in [1.165, 1.54) is 37.0 Å². The third kappa shape index (κ3) is 4.06. The van der Waals surface area contributed by atoms with Crippen molar-refractivity contribution in [2.45, 2.75) is 36.7 Å². The highest BCUT2D eigenvalue weighted by molar-refractivity contribution is 7.89. The van der Waals surface area contributed by atoms with Gasteiger partial charge in [0.25, 0.3) is 0 Å². The first kappa shape index (κ1) is 19.4. The minimum Gasteiger partial charge on any atom is -0.482 e. The van der Waals surface area contributed by atoms with Crippen molar-refractivity contribution in [2.75, 3.05) is 19.6 Å². The maximum atomic E-state index is 14.5. The molecule has 1 heterocycles. The number of sulfonamides is 1. The summed E-state index contributed by atoms with van der Waals surface area (Å²) in [6.07, 6.45) is 4.36. The van der Waals surface area contributed by atoms with Crippen LogP contribution in [0.1, 0.15) is 36.5 Å². The van der Waals surface area contributed by atoms with Gasteiger partial charge in [-0.2, -0.15) is 0 Å². The summed E-state index contributed by atoms with van der Waals surface area (Å²) in [5.74, 6) is -0.432. The van der Waals surface area contributed by atoms with Gasteiger partial charge in [0.2, 0.25) is 10.0 Å². The van der Waals surface area contributed by atoms with Gasteiger partial charge in [0.05, 0.1) is 4.90 Å². The maximum absolute atomic E-state index is 14.5. The third-order valence-corrected chi connectivity index (χ3v) is 6.61. The zero-order valence-electron chi connectivity index (χ0n) is 15.7. The maximum Gasteiger partial charge on any atom is 0.238 e. The van der Waals surface area contributed by atoms with Crippen molar-refractivity contribution >= 4 is 10.0 Å². The van der Waals surface area contributed by atoms with Crippen LogP contribution in [0, 0.1) is 11.7 Å². The van der Waals surface area contributed by atoms with Gasteiger partial charge in [-0.25, -0.2) is 17.9 Å². The summed E-state index contributed by atoms with van der Waals surface area (Å²) < 4.78 is 43.5. The number of hydrogen-bond acceptors (Lipinski definition) is 4. The number of primary sulfonamides is 1. The molecular formula is C21H25FN2O3S. The minimum absolute atomic E-state index is 0.0535. The molecule has 0 spiro atoms. The number of halogens is 1. The molecule has 2 atom stereocenters. The number of nitrogens with zero attached hydrogens (tertiary/aromatic N) is 1. The van der Waals surface area contributed by atoms with Gasteiger partial charge in [0.15, 0.2) is 11.6 Å². The lowest BCUT2D eigenvalue weighted by molar-refractivity contribution is 0.100. The van der Waals surface area contributed by atoms with Crippen LogP contribution in [0.2, 0.25) is 0 Å². The Balaban J connectivity index is 1.59. The van der Waals surface area contributed by atoms with Gasteiger partial charge >= 0.3 is 0 Å². The molecule has 1 aliphatic heterocycles.